The van der Waals surface area contributed by atoms with Gasteiger partial charge in [-0.05, 0) is 24.3 Å². The van der Waals surface area contributed by atoms with Crippen LogP contribution in [0.1, 0.15) is 17.6 Å². The van der Waals surface area contributed by atoms with E-state index in [4.69, 9.17) is 20.9 Å². The largest absolute Gasteiger partial charge is 0.485 e. The van der Waals surface area contributed by atoms with E-state index < -0.39 is 0 Å². The monoisotopic (exact) mass is 301 g/mol. The first-order valence-corrected chi connectivity index (χ1v) is 6.10. The van der Waals surface area contributed by atoms with Crippen LogP contribution in [0.25, 0.3) is 0 Å². The van der Waals surface area contributed by atoms with Crippen molar-refractivity contribution in [1.82, 2.24) is 15.5 Å². The molecule has 0 bridgehead atoms. The van der Waals surface area contributed by atoms with Gasteiger partial charge in [-0.2, -0.15) is 4.98 Å². The van der Waals surface area contributed by atoms with Gasteiger partial charge >= 0.3 is 0 Å². The molecule has 19 heavy (non-hydrogen) atoms. The van der Waals surface area contributed by atoms with Crippen LogP contribution >= 0.6 is 24.0 Å². The van der Waals surface area contributed by atoms with Crippen molar-refractivity contribution in [1.29, 1.82) is 0 Å². The molecule has 5 nitrogen and oxygen atoms in total. The van der Waals surface area contributed by atoms with Gasteiger partial charge < -0.3 is 14.6 Å². The van der Waals surface area contributed by atoms with Gasteiger partial charge in [0.1, 0.15) is 5.75 Å². The molecule has 0 radical (unpaired) electrons. The van der Waals surface area contributed by atoms with Crippen LogP contribution in [0.4, 0.5) is 0 Å². The van der Waals surface area contributed by atoms with Crippen molar-refractivity contribution in [2.45, 2.75) is 12.5 Å². The molecule has 0 amide bonds. The summed E-state index contributed by atoms with van der Waals surface area (Å²) in [6, 6.07) is 7.16. The number of nitrogens with zero attached hydrogens (tertiary/aromatic N) is 2. The molecule has 1 fully saturated rings. The standard InChI is InChI=1S/C12H12ClN3O2.ClH/c13-9-1-3-10(4-2-9)17-7-11-15-12(18-16-11)8-5-14-6-8;/h1-4,8,14H,5-7H2;1H. The summed E-state index contributed by atoms with van der Waals surface area (Å²) >= 11 is 5.79. The molecule has 2 aromatic rings. The topological polar surface area (TPSA) is 60.2 Å². The van der Waals surface area contributed by atoms with Gasteiger partial charge in [-0.3, -0.25) is 0 Å². The zero-order chi connectivity index (χ0) is 12.4. The van der Waals surface area contributed by atoms with Crippen LogP contribution in [0.3, 0.4) is 0 Å². The Kier molecular flexibility index (Phi) is 4.63. The van der Waals surface area contributed by atoms with E-state index in [0.717, 1.165) is 18.8 Å². The lowest BCUT2D eigenvalue weighted by molar-refractivity contribution is 0.278. The Bertz CT molecular complexity index is 526. The normalized spacial score (nSPS) is 14.6. The van der Waals surface area contributed by atoms with Crippen molar-refractivity contribution in [3.8, 4) is 5.75 Å². The predicted molar refractivity (Wildman–Crippen MR) is 72.9 cm³/mol. The molecule has 1 aliphatic heterocycles. The Morgan fingerprint density at radius 2 is 2.05 bits per heavy atom. The van der Waals surface area contributed by atoms with E-state index >= 15 is 0 Å². The van der Waals surface area contributed by atoms with Gasteiger partial charge in [-0.25, -0.2) is 0 Å². The van der Waals surface area contributed by atoms with E-state index in [1.165, 1.54) is 0 Å². The number of nitrogens with one attached hydrogen (secondary N) is 1. The Hall–Kier alpha value is -1.30. The third-order valence-electron chi connectivity index (χ3n) is 2.80. The van der Waals surface area contributed by atoms with Gasteiger partial charge in [0.05, 0.1) is 5.92 Å². The molecule has 1 aromatic heterocycles. The molecule has 1 saturated heterocycles. The molecule has 1 N–H and O–H groups in total. The van der Waals surface area contributed by atoms with Crippen molar-refractivity contribution >= 4 is 24.0 Å². The van der Waals surface area contributed by atoms with Crippen LogP contribution in [0, 0.1) is 0 Å². The zero-order valence-corrected chi connectivity index (χ0v) is 11.6. The summed E-state index contributed by atoms with van der Waals surface area (Å²) in [7, 11) is 0. The molecule has 102 valence electrons. The second-order valence-corrected chi connectivity index (χ2v) is 4.58. The molecule has 0 aliphatic carbocycles. The van der Waals surface area contributed by atoms with Crippen LogP contribution in [-0.2, 0) is 6.61 Å². The van der Waals surface area contributed by atoms with Crippen molar-refractivity contribution < 1.29 is 9.26 Å². The first-order valence-electron chi connectivity index (χ1n) is 5.73. The number of ether oxygens (including phenoxy) is 1. The fraction of sp³-hybridized carbons (Fsp3) is 0.333. The van der Waals surface area contributed by atoms with Gasteiger partial charge in [0.25, 0.3) is 0 Å². The summed E-state index contributed by atoms with van der Waals surface area (Å²) in [5, 5.41) is 7.73. The van der Waals surface area contributed by atoms with E-state index in [1.54, 1.807) is 24.3 Å². The van der Waals surface area contributed by atoms with E-state index in [2.05, 4.69) is 15.5 Å². The minimum atomic E-state index is 0. The molecule has 0 unspecified atom stereocenters. The third kappa shape index (κ3) is 3.37. The van der Waals surface area contributed by atoms with Gasteiger partial charge in [-0.1, -0.05) is 16.8 Å². The maximum Gasteiger partial charge on any atom is 0.232 e. The molecule has 0 saturated carbocycles. The average molecular weight is 302 g/mol. The summed E-state index contributed by atoms with van der Waals surface area (Å²) in [6.45, 7) is 2.10. The Morgan fingerprint density at radius 3 is 2.68 bits per heavy atom. The second kappa shape index (κ2) is 6.23. The SMILES string of the molecule is Cl.Clc1ccc(OCc2noc(C3CNC3)n2)cc1. The maximum absolute atomic E-state index is 5.79. The lowest BCUT2D eigenvalue weighted by Crippen LogP contribution is -2.40. The molecular weight excluding hydrogens is 289 g/mol. The third-order valence-corrected chi connectivity index (χ3v) is 3.05. The summed E-state index contributed by atoms with van der Waals surface area (Å²) in [4.78, 5) is 4.30. The second-order valence-electron chi connectivity index (χ2n) is 4.15. The highest BCUT2D eigenvalue weighted by atomic mass is 35.5. The van der Waals surface area contributed by atoms with Gasteiger partial charge in [-0.15, -0.1) is 12.4 Å². The van der Waals surface area contributed by atoms with E-state index in [1.807, 2.05) is 0 Å². The van der Waals surface area contributed by atoms with Gasteiger partial charge in [0.2, 0.25) is 11.7 Å². The summed E-state index contributed by atoms with van der Waals surface area (Å²) in [5.41, 5.74) is 0. The fourth-order valence-corrected chi connectivity index (χ4v) is 1.76. The van der Waals surface area contributed by atoms with E-state index in [9.17, 15) is 0 Å². The Balaban J connectivity index is 0.00000133. The predicted octanol–water partition coefficient (Wildman–Crippen LogP) is 2.41. The summed E-state index contributed by atoms with van der Waals surface area (Å²) in [6.07, 6.45) is 0. The highest BCUT2D eigenvalue weighted by molar-refractivity contribution is 6.30. The van der Waals surface area contributed by atoms with Crippen LogP contribution in [0.5, 0.6) is 5.75 Å². The number of hydrogen-bond acceptors (Lipinski definition) is 5. The van der Waals surface area contributed by atoms with Gasteiger partial charge in [0.15, 0.2) is 6.61 Å². The Morgan fingerprint density at radius 1 is 1.32 bits per heavy atom. The number of benzene rings is 1. The van der Waals surface area contributed by atoms with Crippen LogP contribution in [0.2, 0.25) is 5.02 Å². The maximum atomic E-state index is 5.79. The minimum Gasteiger partial charge on any atom is -0.485 e. The average Bonchev–Trinajstić information content (AvgIpc) is 2.75. The molecule has 1 aliphatic rings. The lowest BCUT2D eigenvalue weighted by Gasteiger charge is -2.22. The number of hydrogen-bond donors (Lipinski definition) is 1. The lowest BCUT2D eigenvalue weighted by atomic mass is 10.0. The van der Waals surface area contributed by atoms with Crippen molar-refractivity contribution in [3.05, 3.63) is 41.0 Å². The summed E-state index contributed by atoms with van der Waals surface area (Å²) in [5.74, 6) is 2.33. The molecule has 0 spiro atoms. The first-order chi connectivity index (χ1) is 8.81. The van der Waals surface area contributed by atoms with Crippen LogP contribution < -0.4 is 10.1 Å². The van der Waals surface area contributed by atoms with Crippen molar-refractivity contribution in [3.63, 3.8) is 0 Å². The van der Waals surface area contributed by atoms with Crippen molar-refractivity contribution in [2.24, 2.45) is 0 Å². The fourth-order valence-electron chi connectivity index (χ4n) is 1.63. The molecule has 0 atom stereocenters. The van der Waals surface area contributed by atoms with Gasteiger partial charge in [0, 0.05) is 18.1 Å². The van der Waals surface area contributed by atoms with Crippen LogP contribution in [0.15, 0.2) is 28.8 Å². The van der Waals surface area contributed by atoms with E-state index in [0.29, 0.717) is 29.3 Å². The molecule has 1 aromatic carbocycles. The first kappa shape index (κ1) is 14.1. The molecular formula is C12H13Cl2N3O2. The smallest absolute Gasteiger partial charge is 0.232 e. The minimum absolute atomic E-state index is 0. The van der Waals surface area contributed by atoms with Crippen molar-refractivity contribution in [2.75, 3.05) is 13.1 Å². The highest BCUT2D eigenvalue weighted by Gasteiger charge is 2.24. The quantitative estimate of drug-likeness (QED) is 0.940. The number of rotatable bonds is 4. The molecule has 2 heterocycles. The molecule has 7 heteroatoms. The van der Waals surface area contributed by atoms with E-state index in [-0.39, 0.29) is 12.4 Å². The number of halogens is 2. The zero-order valence-electron chi connectivity index (χ0n) is 10.0. The summed E-state index contributed by atoms with van der Waals surface area (Å²) < 4.78 is 10.7. The number of aromatic nitrogens is 2. The highest BCUT2D eigenvalue weighted by Crippen LogP contribution is 2.19. The Labute approximate surface area is 121 Å². The molecule has 3 rings (SSSR count). The van der Waals surface area contributed by atoms with Crippen LogP contribution in [-0.4, -0.2) is 23.2 Å².